The summed E-state index contributed by atoms with van der Waals surface area (Å²) in [6.45, 7) is 4.07. The van der Waals surface area contributed by atoms with Crippen molar-refractivity contribution in [1.82, 2.24) is 15.6 Å². The molecule has 15 heavy (non-hydrogen) atoms. The van der Waals surface area contributed by atoms with Gasteiger partial charge in [-0.25, -0.2) is 0 Å². The molecule has 0 aliphatic heterocycles. The van der Waals surface area contributed by atoms with E-state index in [4.69, 9.17) is 0 Å². The van der Waals surface area contributed by atoms with Crippen molar-refractivity contribution >= 4 is 5.91 Å². The van der Waals surface area contributed by atoms with Crippen molar-refractivity contribution in [3.05, 3.63) is 30.1 Å². The molecule has 0 aliphatic carbocycles. The quantitative estimate of drug-likeness (QED) is 0.675. The summed E-state index contributed by atoms with van der Waals surface area (Å²) in [7, 11) is 0. The standard InChI is InChI=1S/C11H17N3O/c1-2-14-11(15)5-7-13-9-10-4-3-6-12-8-10/h3-4,6,8,13H,2,5,7,9H2,1H3,(H,14,15). The molecule has 1 aromatic rings. The molecule has 82 valence electrons. The van der Waals surface area contributed by atoms with Crippen molar-refractivity contribution in [2.24, 2.45) is 0 Å². The number of hydrogen-bond donors (Lipinski definition) is 2. The van der Waals surface area contributed by atoms with E-state index in [0.29, 0.717) is 19.5 Å². The van der Waals surface area contributed by atoms with Gasteiger partial charge in [-0.05, 0) is 18.6 Å². The van der Waals surface area contributed by atoms with E-state index in [1.807, 2.05) is 25.3 Å². The van der Waals surface area contributed by atoms with Crippen LogP contribution in [0.15, 0.2) is 24.5 Å². The van der Waals surface area contributed by atoms with Gasteiger partial charge in [0.25, 0.3) is 0 Å². The van der Waals surface area contributed by atoms with Gasteiger partial charge >= 0.3 is 0 Å². The van der Waals surface area contributed by atoms with Gasteiger partial charge in [0.1, 0.15) is 0 Å². The first-order valence-electron chi connectivity index (χ1n) is 5.19. The van der Waals surface area contributed by atoms with Crippen molar-refractivity contribution in [3.8, 4) is 0 Å². The van der Waals surface area contributed by atoms with Crippen LogP contribution in [0.3, 0.4) is 0 Å². The van der Waals surface area contributed by atoms with Crippen LogP contribution in [0.1, 0.15) is 18.9 Å². The molecule has 0 radical (unpaired) electrons. The number of hydrogen-bond acceptors (Lipinski definition) is 3. The van der Waals surface area contributed by atoms with Crippen molar-refractivity contribution < 1.29 is 4.79 Å². The van der Waals surface area contributed by atoms with Crippen LogP contribution >= 0.6 is 0 Å². The summed E-state index contributed by atoms with van der Waals surface area (Å²) in [6.07, 6.45) is 4.09. The van der Waals surface area contributed by atoms with Gasteiger partial charge in [-0.15, -0.1) is 0 Å². The average Bonchev–Trinajstić information content (AvgIpc) is 2.26. The second kappa shape index (κ2) is 6.95. The second-order valence-electron chi connectivity index (χ2n) is 3.24. The van der Waals surface area contributed by atoms with Gasteiger partial charge in [-0.1, -0.05) is 6.07 Å². The largest absolute Gasteiger partial charge is 0.356 e. The Balaban J connectivity index is 2.10. The predicted octanol–water partition coefficient (Wildman–Crippen LogP) is 0.697. The highest BCUT2D eigenvalue weighted by Gasteiger charge is 1.98. The van der Waals surface area contributed by atoms with Gasteiger partial charge in [0.15, 0.2) is 0 Å². The summed E-state index contributed by atoms with van der Waals surface area (Å²) >= 11 is 0. The lowest BCUT2D eigenvalue weighted by Crippen LogP contribution is -2.27. The van der Waals surface area contributed by atoms with E-state index in [1.165, 1.54) is 0 Å². The minimum absolute atomic E-state index is 0.0937. The summed E-state index contributed by atoms with van der Waals surface area (Å²) in [6, 6.07) is 3.91. The third-order valence-corrected chi connectivity index (χ3v) is 1.95. The van der Waals surface area contributed by atoms with Crippen molar-refractivity contribution in [1.29, 1.82) is 0 Å². The van der Waals surface area contributed by atoms with Crippen LogP contribution in [0.5, 0.6) is 0 Å². The minimum Gasteiger partial charge on any atom is -0.356 e. The van der Waals surface area contributed by atoms with Crippen LogP contribution in [0.4, 0.5) is 0 Å². The number of nitrogens with zero attached hydrogens (tertiary/aromatic N) is 1. The Kier molecular flexibility index (Phi) is 5.40. The number of aromatic nitrogens is 1. The fourth-order valence-corrected chi connectivity index (χ4v) is 1.22. The number of amides is 1. The highest BCUT2D eigenvalue weighted by atomic mass is 16.1. The highest BCUT2D eigenvalue weighted by Crippen LogP contribution is 1.93. The molecule has 0 bridgehead atoms. The molecular weight excluding hydrogens is 190 g/mol. The lowest BCUT2D eigenvalue weighted by atomic mass is 10.3. The van der Waals surface area contributed by atoms with Crippen LogP contribution in [0.2, 0.25) is 0 Å². The Bertz CT molecular complexity index is 287. The van der Waals surface area contributed by atoms with Gasteiger partial charge in [-0.3, -0.25) is 9.78 Å². The molecule has 0 saturated carbocycles. The number of carbonyl (C=O) groups excluding carboxylic acids is 1. The maximum absolute atomic E-state index is 11.1. The predicted molar refractivity (Wildman–Crippen MR) is 59.2 cm³/mol. The van der Waals surface area contributed by atoms with Crippen LogP contribution in [0.25, 0.3) is 0 Å². The zero-order valence-electron chi connectivity index (χ0n) is 8.99. The normalized spacial score (nSPS) is 9.93. The molecule has 4 heteroatoms. The molecular formula is C11H17N3O. The van der Waals surface area contributed by atoms with E-state index < -0.39 is 0 Å². The lowest BCUT2D eigenvalue weighted by molar-refractivity contribution is -0.120. The monoisotopic (exact) mass is 207 g/mol. The number of nitrogens with one attached hydrogen (secondary N) is 2. The number of rotatable bonds is 6. The minimum atomic E-state index is 0.0937. The van der Waals surface area contributed by atoms with Crippen molar-refractivity contribution in [2.75, 3.05) is 13.1 Å². The molecule has 4 nitrogen and oxygen atoms in total. The summed E-state index contributed by atoms with van der Waals surface area (Å²) in [5.41, 5.74) is 1.13. The van der Waals surface area contributed by atoms with Gasteiger partial charge in [0.05, 0.1) is 0 Å². The smallest absolute Gasteiger partial charge is 0.221 e. The number of pyridine rings is 1. The van der Waals surface area contributed by atoms with Gasteiger partial charge < -0.3 is 10.6 Å². The first kappa shape index (κ1) is 11.7. The summed E-state index contributed by atoms with van der Waals surface area (Å²) in [5, 5.41) is 5.94. The molecule has 1 heterocycles. The summed E-state index contributed by atoms with van der Waals surface area (Å²) in [4.78, 5) is 15.1. The fraction of sp³-hybridized carbons (Fsp3) is 0.455. The van der Waals surface area contributed by atoms with E-state index >= 15 is 0 Å². The lowest BCUT2D eigenvalue weighted by Gasteiger charge is -2.04. The SMILES string of the molecule is CCNC(=O)CCNCc1cccnc1. The molecule has 0 spiro atoms. The van der Waals surface area contributed by atoms with E-state index in [-0.39, 0.29) is 5.91 Å². The Morgan fingerprint density at radius 3 is 3.07 bits per heavy atom. The topological polar surface area (TPSA) is 54.0 Å². The van der Waals surface area contributed by atoms with Crippen LogP contribution in [-0.4, -0.2) is 24.0 Å². The molecule has 0 aliphatic rings. The van der Waals surface area contributed by atoms with Crippen LogP contribution in [-0.2, 0) is 11.3 Å². The van der Waals surface area contributed by atoms with Crippen LogP contribution in [0, 0.1) is 0 Å². The van der Waals surface area contributed by atoms with E-state index in [1.54, 1.807) is 6.20 Å². The maximum Gasteiger partial charge on any atom is 0.221 e. The highest BCUT2D eigenvalue weighted by molar-refractivity contribution is 5.75. The van der Waals surface area contributed by atoms with Crippen molar-refractivity contribution in [2.45, 2.75) is 19.9 Å². The molecule has 0 fully saturated rings. The molecule has 0 atom stereocenters. The maximum atomic E-state index is 11.1. The number of carbonyl (C=O) groups is 1. The van der Waals surface area contributed by atoms with Gasteiger partial charge in [0.2, 0.25) is 5.91 Å². The molecule has 1 aromatic heterocycles. The van der Waals surface area contributed by atoms with E-state index in [2.05, 4.69) is 15.6 Å². The molecule has 2 N–H and O–H groups in total. The zero-order chi connectivity index (χ0) is 10.9. The Morgan fingerprint density at radius 1 is 1.53 bits per heavy atom. The zero-order valence-corrected chi connectivity index (χ0v) is 8.99. The molecule has 0 saturated heterocycles. The Labute approximate surface area is 90.1 Å². The molecule has 0 aromatic carbocycles. The summed E-state index contributed by atoms with van der Waals surface area (Å²) in [5.74, 6) is 0.0937. The molecule has 1 rings (SSSR count). The van der Waals surface area contributed by atoms with Gasteiger partial charge in [-0.2, -0.15) is 0 Å². The molecule has 1 amide bonds. The van der Waals surface area contributed by atoms with Crippen LogP contribution < -0.4 is 10.6 Å². The Hall–Kier alpha value is -1.42. The van der Waals surface area contributed by atoms with E-state index in [0.717, 1.165) is 12.1 Å². The molecule has 0 unspecified atom stereocenters. The van der Waals surface area contributed by atoms with E-state index in [9.17, 15) is 4.79 Å². The first-order chi connectivity index (χ1) is 7.33. The van der Waals surface area contributed by atoms with Gasteiger partial charge in [0, 0.05) is 38.4 Å². The fourth-order valence-electron chi connectivity index (χ4n) is 1.22. The first-order valence-corrected chi connectivity index (χ1v) is 5.19. The van der Waals surface area contributed by atoms with Crippen molar-refractivity contribution in [3.63, 3.8) is 0 Å². The third kappa shape index (κ3) is 5.12. The average molecular weight is 207 g/mol. The summed E-state index contributed by atoms with van der Waals surface area (Å²) < 4.78 is 0. The Morgan fingerprint density at radius 2 is 2.40 bits per heavy atom. The third-order valence-electron chi connectivity index (χ3n) is 1.95. The second-order valence-corrected chi connectivity index (χ2v) is 3.24.